The van der Waals surface area contributed by atoms with Crippen molar-refractivity contribution in [2.24, 2.45) is 0 Å². The van der Waals surface area contributed by atoms with Crippen molar-refractivity contribution >= 4 is 22.5 Å². The first kappa shape index (κ1) is 16.0. The predicted molar refractivity (Wildman–Crippen MR) is 99.9 cm³/mol. The lowest BCUT2D eigenvalue weighted by atomic mass is 10.0. The normalized spacial score (nSPS) is 11.2. The Balaban J connectivity index is 1.75. The quantitative estimate of drug-likeness (QED) is 0.590. The molecule has 1 aromatic carbocycles. The van der Waals surface area contributed by atoms with E-state index in [1.165, 1.54) is 0 Å². The molecule has 0 saturated heterocycles. The fourth-order valence-electron chi connectivity index (χ4n) is 2.95. The first-order chi connectivity index (χ1) is 12.6. The van der Waals surface area contributed by atoms with Gasteiger partial charge < -0.3 is 5.32 Å². The van der Waals surface area contributed by atoms with E-state index in [4.69, 9.17) is 0 Å². The second kappa shape index (κ2) is 6.44. The molecule has 0 unspecified atom stereocenters. The highest BCUT2D eigenvalue weighted by Gasteiger charge is 2.16. The van der Waals surface area contributed by atoms with E-state index in [1.54, 1.807) is 35.5 Å². The molecule has 3 aromatic heterocycles. The number of rotatable bonds is 4. The van der Waals surface area contributed by atoms with Crippen LogP contribution in [0, 0.1) is 0 Å². The molecule has 0 spiro atoms. The first-order valence-electron chi connectivity index (χ1n) is 8.36. The number of fused-ring (bicyclic) bond motifs is 1. The van der Waals surface area contributed by atoms with Gasteiger partial charge in [-0.2, -0.15) is 10.2 Å². The molecule has 3 heterocycles. The molecule has 4 rings (SSSR count). The Morgan fingerprint density at radius 1 is 1.15 bits per heavy atom. The third-order valence-corrected chi connectivity index (χ3v) is 4.19. The highest BCUT2D eigenvalue weighted by molar-refractivity contribution is 6.08. The summed E-state index contributed by atoms with van der Waals surface area (Å²) in [5.74, 6) is -0.206. The average Bonchev–Trinajstić information content (AvgIpc) is 3.31. The number of aromatic amines is 1. The van der Waals surface area contributed by atoms with Crippen LogP contribution in [0.15, 0.2) is 55.1 Å². The molecular formula is C19H18N6O. The van der Waals surface area contributed by atoms with Gasteiger partial charge in [-0.1, -0.05) is 6.07 Å². The molecule has 0 aliphatic rings. The van der Waals surface area contributed by atoms with Crippen molar-refractivity contribution in [3.63, 3.8) is 0 Å². The summed E-state index contributed by atoms with van der Waals surface area (Å²) in [5.41, 5.74) is 3.97. The van der Waals surface area contributed by atoms with Gasteiger partial charge in [0.2, 0.25) is 0 Å². The van der Waals surface area contributed by atoms with Gasteiger partial charge in [-0.05, 0) is 43.7 Å². The molecule has 0 aliphatic carbocycles. The number of nitrogens with zero attached hydrogens (tertiary/aromatic N) is 4. The van der Waals surface area contributed by atoms with Gasteiger partial charge in [0.1, 0.15) is 5.69 Å². The minimum Gasteiger partial charge on any atom is -0.320 e. The van der Waals surface area contributed by atoms with Crippen LogP contribution in [0.3, 0.4) is 0 Å². The zero-order chi connectivity index (χ0) is 18.1. The van der Waals surface area contributed by atoms with Crippen molar-refractivity contribution in [3.05, 3.63) is 60.8 Å². The average molecular weight is 346 g/mol. The van der Waals surface area contributed by atoms with Gasteiger partial charge in [-0.3, -0.25) is 19.6 Å². The summed E-state index contributed by atoms with van der Waals surface area (Å²) in [6, 6.07) is 9.60. The zero-order valence-electron chi connectivity index (χ0n) is 14.5. The van der Waals surface area contributed by atoms with E-state index in [0.29, 0.717) is 11.4 Å². The Morgan fingerprint density at radius 2 is 2.04 bits per heavy atom. The summed E-state index contributed by atoms with van der Waals surface area (Å²) in [7, 11) is 0. The maximum absolute atomic E-state index is 12.8. The number of amides is 1. The monoisotopic (exact) mass is 346 g/mol. The zero-order valence-corrected chi connectivity index (χ0v) is 14.5. The molecule has 0 radical (unpaired) electrons. The highest BCUT2D eigenvalue weighted by Crippen LogP contribution is 2.30. The van der Waals surface area contributed by atoms with E-state index in [-0.39, 0.29) is 11.9 Å². The van der Waals surface area contributed by atoms with Gasteiger partial charge in [0.05, 0.1) is 17.4 Å². The molecule has 0 aliphatic heterocycles. The molecule has 130 valence electrons. The molecule has 0 bridgehead atoms. The number of carbonyl (C=O) groups is 1. The molecule has 4 aromatic rings. The fraction of sp³-hybridized carbons (Fsp3) is 0.158. The minimum absolute atomic E-state index is 0.0985. The van der Waals surface area contributed by atoms with E-state index in [9.17, 15) is 4.79 Å². The smallest absolute Gasteiger partial charge is 0.273 e. The van der Waals surface area contributed by atoms with Crippen LogP contribution < -0.4 is 5.32 Å². The Hall–Kier alpha value is -3.48. The summed E-state index contributed by atoms with van der Waals surface area (Å²) < 4.78 is 1.70. The van der Waals surface area contributed by atoms with E-state index in [2.05, 4.69) is 25.6 Å². The second-order valence-corrected chi connectivity index (χ2v) is 6.31. The van der Waals surface area contributed by atoms with Crippen molar-refractivity contribution in [1.82, 2.24) is 25.0 Å². The van der Waals surface area contributed by atoms with Gasteiger partial charge in [0.15, 0.2) is 0 Å². The van der Waals surface area contributed by atoms with Crippen LogP contribution >= 0.6 is 0 Å². The van der Waals surface area contributed by atoms with Gasteiger partial charge >= 0.3 is 0 Å². The molecule has 7 heteroatoms. The topological polar surface area (TPSA) is 88.5 Å². The number of benzene rings is 1. The lowest BCUT2D eigenvalue weighted by Crippen LogP contribution is -2.19. The number of H-pyrrole nitrogens is 1. The third-order valence-electron chi connectivity index (χ3n) is 4.19. The fourth-order valence-corrected chi connectivity index (χ4v) is 2.95. The number of aromatic nitrogens is 5. The SMILES string of the molecule is CC(C)n1nccc1C(=O)Nc1cc(-c2cccnc2)cc2[nH]ncc12. The van der Waals surface area contributed by atoms with Crippen LogP contribution in [-0.2, 0) is 0 Å². The third kappa shape index (κ3) is 2.83. The molecule has 0 atom stereocenters. The number of hydrogen-bond acceptors (Lipinski definition) is 4. The number of nitrogens with one attached hydrogen (secondary N) is 2. The molecule has 26 heavy (non-hydrogen) atoms. The highest BCUT2D eigenvalue weighted by atomic mass is 16.2. The van der Waals surface area contributed by atoms with Gasteiger partial charge in [0.25, 0.3) is 5.91 Å². The van der Waals surface area contributed by atoms with Crippen molar-refractivity contribution in [1.29, 1.82) is 0 Å². The number of carbonyl (C=O) groups excluding carboxylic acids is 1. The molecule has 0 saturated carbocycles. The summed E-state index contributed by atoms with van der Waals surface area (Å²) in [5, 5.41) is 15.1. The van der Waals surface area contributed by atoms with Crippen molar-refractivity contribution in [2.45, 2.75) is 19.9 Å². The predicted octanol–water partition coefficient (Wildman–Crippen LogP) is 3.65. The van der Waals surface area contributed by atoms with Crippen LogP contribution in [0.25, 0.3) is 22.0 Å². The number of hydrogen-bond donors (Lipinski definition) is 2. The minimum atomic E-state index is -0.206. The number of anilines is 1. The first-order valence-corrected chi connectivity index (χ1v) is 8.36. The summed E-state index contributed by atoms with van der Waals surface area (Å²) in [4.78, 5) is 17.0. The van der Waals surface area contributed by atoms with Crippen molar-refractivity contribution in [2.75, 3.05) is 5.32 Å². The van der Waals surface area contributed by atoms with Crippen LogP contribution in [0.5, 0.6) is 0 Å². The van der Waals surface area contributed by atoms with Crippen molar-refractivity contribution in [3.8, 4) is 11.1 Å². The Labute approximate surface area is 150 Å². The largest absolute Gasteiger partial charge is 0.320 e. The maximum atomic E-state index is 12.8. The lowest BCUT2D eigenvalue weighted by Gasteiger charge is -2.12. The lowest BCUT2D eigenvalue weighted by molar-refractivity contribution is 0.101. The van der Waals surface area contributed by atoms with Crippen LogP contribution in [0.1, 0.15) is 30.4 Å². The van der Waals surface area contributed by atoms with E-state index >= 15 is 0 Å². The second-order valence-electron chi connectivity index (χ2n) is 6.31. The number of pyridine rings is 1. The standard InChI is InChI=1S/C19H18N6O/c1-12(2)25-18(5-7-22-25)19(26)23-16-8-14(13-4-3-6-20-10-13)9-17-15(16)11-21-24-17/h3-12H,1-2H3,(H,21,24)(H,23,26). The summed E-state index contributed by atoms with van der Waals surface area (Å²) >= 11 is 0. The summed E-state index contributed by atoms with van der Waals surface area (Å²) in [6.07, 6.45) is 6.86. The van der Waals surface area contributed by atoms with E-state index in [0.717, 1.165) is 22.0 Å². The molecule has 7 nitrogen and oxygen atoms in total. The van der Waals surface area contributed by atoms with Crippen molar-refractivity contribution < 1.29 is 4.79 Å². The van der Waals surface area contributed by atoms with E-state index in [1.807, 2.05) is 38.1 Å². The maximum Gasteiger partial charge on any atom is 0.273 e. The van der Waals surface area contributed by atoms with E-state index < -0.39 is 0 Å². The van der Waals surface area contributed by atoms with Crippen LogP contribution in [-0.4, -0.2) is 30.9 Å². The van der Waals surface area contributed by atoms with Crippen LogP contribution in [0.2, 0.25) is 0 Å². The Bertz CT molecular complexity index is 1060. The Kier molecular flexibility index (Phi) is 3.96. The molecular weight excluding hydrogens is 328 g/mol. The van der Waals surface area contributed by atoms with Gasteiger partial charge in [-0.25, -0.2) is 0 Å². The summed E-state index contributed by atoms with van der Waals surface area (Å²) in [6.45, 7) is 3.97. The van der Waals surface area contributed by atoms with Crippen LogP contribution in [0.4, 0.5) is 5.69 Å². The van der Waals surface area contributed by atoms with Gasteiger partial charge in [0, 0.05) is 35.6 Å². The molecule has 1 amide bonds. The molecule has 2 N–H and O–H groups in total. The molecule has 0 fully saturated rings. The Morgan fingerprint density at radius 3 is 2.81 bits per heavy atom. The van der Waals surface area contributed by atoms with Gasteiger partial charge in [-0.15, -0.1) is 0 Å².